The van der Waals surface area contributed by atoms with Crippen molar-refractivity contribution in [1.29, 1.82) is 0 Å². The van der Waals surface area contributed by atoms with Gasteiger partial charge in [-0.3, -0.25) is 4.57 Å². The summed E-state index contributed by atoms with van der Waals surface area (Å²) in [6.45, 7) is 0.829. The Kier molecular flexibility index (Phi) is 3.27. The first-order valence-corrected chi connectivity index (χ1v) is 7.54. The van der Waals surface area contributed by atoms with Crippen molar-refractivity contribution in [3.05, 3.63) is 48.4 Å². The predicted molar refractivity (Wildman–Crippen MR) is 83.2 cm³/mol. The van der Waals surface area contributed by atoms with Crippen LogP contribution in [0.4, 0.5) is 0 Å². The SMILES string of the molecule is Oc1cccc(-n2c(CC3CCCO3)nc3cccnc32)c1. The number of phenolic OH excluding ortho intramolecular Hbond substituents is 1. The van der Waals surface area contributed by atoms with Crippen LogP contribution in [0.5, 0.6) is 5.75 Å². The minimum atomic E-state index is 0.216. The Labute approximate surface area is 128 Å². The second-order valence-corrected chi connectivity index (χ2v) is 5.57. The van der Waals surface area contributed by atoms with Crippen molar-refractivity contribution in [1.82, 2.24) is 14.5 Å². The lowest BCUT2D eigenvalue weighted by Crippen LogP contribution is -2.13. The summed E-state index contributed by atoms with van der Waals surface area (Å²) in [6, 6.07) is 11.0. The third-order valence-electron chi connectivity index (χ3n) is 4.01. The standard InChI is InChI=1S/C17H17N3O2/c21-13-5-1-4-12(10-13)20-16(11-14-6-3-9-22-14)19-15-7-2-8-18-17(15)20/h1-2,4-5,7-8,10,14,21H,3,6,9,11H2. The largest absolute Gasteiger partial charge is 0.508 e. The summed E-state index contributed by atoms with van der Waals surface area (Å²) in [5.74, 6) is 1.16. The summed E-state index contributed by atoms with van der Waals surface area (Å²) in [6.07, 6.45) is 4.91. The number of rotatable bonds is 3. The highest BCUT2D eigenvalue weighted by Crippen LogP contribution is 2.25. The molecule has 2 aromatic heterocycles. The molecule has 1 N–H and O–H groups in total. The molecule has 1 aromatic carbocycles. The van der Waals surface area contributed by atoms with Gasteiger partial charge in [-0.25, -0.2) is 9.97 Å². The van der Waals surface area contributed by atoms with E-state index in [-0.39, 0.29) is 11.9 Å². The Morgan fingerprint density at radius 1 is 1.27 bits per heavy atom. The summed E-state index contributed by atoms with van der Waals surface area (Å²) >= 11 is 0. The van der Waals surface area contributed by atoms with E-state index in [0.29, 0.717) is 0 Å². The molecule has 0 spiro atoms. The number of fused-ring (bicyclic) bond motifs is 1. The van der Waals surface area contributed by atoms with E-state index in [0.717, 1.165) is 48.5 Å². The van der Waals surface area contributed by atoms with E-state index in [1.165, 1.54) is 0 Å². The Bertz CT molecular complexity index is 807. The van der Waals surface area contributed by atoms with Crippen LogP contribution < -0.4 is 0 Å². The number of ether oxygens (including phenoxy) is 1. The third-order valence-corrected chi connectivity index (χ3v) is 4.01. The van der Waals surface area contributed by atoms with Crippen LogP contribution in [0, 0.1) is 0 Å². The van der Waals surface area contributed by atoms with Gasteiger partial charge in [-0.05, 0) is 37.1 Å². The van der Waals surface area contributed by atoms with Gasteiger partial charge in [0.2, 0.25) is 0 Å². The minimum Gasteiger partial charge on any atom is -0.508 e. The van der Waals surface area contributed by atoms with Crippen molar-refractivity contribution in [2.75, 3.05) is 6.61 Å². The number of phenols is 1. The maximum atomic E-state index is 9.78. The topological polar surface area (TPSA) is 60.2 Å². The van der Waals surface area contributed by atoms with Gasteiger partial charge in [-0.15, -0.1) is 0 Å². The van der Waals surface area contributed by atoms with Gasteiger partial charge in [-0.2, -0.15) is 0 Å². The van der Waals surface area contributed by atoms with E-state index >= 15 is 0 Å². The van der Waals surface area contributed by atoms with Gasteiger partial charge < -0.3 is 9.84 Å². The Morgan fingerprint density at radius 2 is 2.23 bits per heavy atom. The number of imidazole rings is 1. The van der Waals surface area contributed by atoms with Gasteiger partial charge in [0.05, 0.1) is 11.8 Å². The van der Waals surface area contributed by atoms with Gasteiger partial charge in [0.1, 0.15) is 17.1 Å². The molecule has 0 amide bonds. The van der Waals surface area contributed by atoms with Gasteiger partial charge >= 0.3 is 0 Å². The maximum absolute atomic E-state index is 9.78. The van der Waals surface area contributed by atoms with E-state index in [1.807, 2.05) is 28.8 Å². The summed E-state index contributed by atoms with van der Waals surface area (Å²) < 4.78 is 7.75. The predicted octanol–water partition coefficient (Wildman–Crippen LogP) is 2.85. The molecule has 0 bridgehead atoms. The Balaban J connectivity index is 1.85. The lowest BCUT2D eigenvalue weighted by molar-refractivity contribution is 0.109. The normalized spacial score (nSPS) is 18.1. The molecule has 22 heavy (non-hydrogen) atoms. The Hall–Kier alpha value is -2.40. The molecule has 1 unspecified atom stereocenters. The first kappa shape index (κ1) is 13.3. The van der Waals surface area contributed by atoms with Gasteiger partial charge in [0.15, 0.2) is 5.65 Å². The molecule has 1 saturated heterocycles. The second kappa shape index (κ2) is 5.42. The first-order valence-electron chi connectivity index (χ1n) is 7.54. The number of aromatic nitrogens is 3. The fourth-order valence-corrected chi connectivity index (χ4v) is 3.01. The number of aromatic hydroxyl groups is 1. The molecule has 1 aliphatic heterocycles. The van der Waals surface area contributed by atoms with Crippen LogP contribution in [0.2, 0.25) is 0 Å². The fraction of sp³-hybridized carbons (Fsp3) is 0.294. The van der Waals surface area contributed by atoms with Crippen LogP contribution in [0.25, 0.3) is 16.9 Å². The highest BCUT2D eigenvalue weighted by atomic mass is 16.5. The molecule has 0 radical (unpaired) electrons. The number of nitrogens with zero attached hydrogens (tertiary/aromatic N) is 3. The molecular weight excluding hydrogens is 278 g/mol. The second-order valence-electron chi connectivity index (χ2n) is 5.57. The smallest absolute Gasteiger partial charge is 0.164 e. The van der Waals surface area contributed by atoms with Crippen molar-refractivity contribution >= 4 is 11.2 Å². The molecule has 1 aliphatic rings. The van der Waals surface area contributed by atoms with E-state index in [4.69, 9.17) is 9.72 Å². The molecule has 0 saturated carbocycles. The fourth-order valence-electron chi connectivity index (χ4n) is 3.01. The molecule has 112 valence electrons. The van der Waals surface area contributed by atoms with Crippen molar-refractivity contribution in [3.8, 4) is 11.4 Å². The molecule has 3 aromatic rings. The summed E-state index contributed by atoms with van der Waals surface area (Å²) in [4.78, 5) is 9.18. The van der Waals surface area contributed by atoms with Crippen LogP contribution in [-0.4, -0.2) is 32.4 Å². The zero-order chi connectivity index (χ0) is 14.9. The lowest BCUT2D eigenvalue weighted by atomic mass is 10.1. The third kappa shape index (κ3) is 2.33. The average molecular weight is 295 g/mol. The monoisotopic (exact) mass is 295 g/mol. The minimum absolute atomic E-state index is 0.216. The highest BCUT2D eigenvalue weighted by Gasteiger charge is 2.21. The Morgan fingerprint density at radius 3 is 3.05 bits per heavy atom. The lowest BCUT2D eigenvalue weighted by Gasteiger charge is -2.12. The van der Waals surface area contributed by atoms with Gasteiger partial charge in [-0.1, -0.05) is 6.07 Å². The molecule has 5 nitrogen and oxygen atoms in total. The molecule has 4 rings (SSSR count). The van der Waals surface area contributed by atoms with E-state index in [9.17, 15) is 5.11 Å². The zero-order valence-electron chi connectivity index (χ0n) is 12.1. The van der Waals surface area contributed by atoms with Crippen molar-refractivity contribution < 1.29 is 9.84 Å². The highest BCUT2D eigenvalue weighted by molar-refractivity contribution is 5.74. The number of hydrogen-bond donors (Lipinski definition) is 1. The van der Waals surface area contributed by atoms with E-state index < -0.39 is 0 Å². The summed E-state index contributed by atoms with van der Waals surface area (Å²) in [5, 5.41) is 9.78. The van der Waals surface area contributed by atoms with Crippen molar-refractivity contribution in [2.45, 2.75) is 25.4 Å². The molecule has 5 heteroatoms. The van der Waals surface area contributed by atoms with Crippen LogP contribution in [0.15, 0.2) is 42.6 Å². The molecule has 1 fully saturated rings. The number of hydrogen-bond acceptors (Lipinski definition) is 4. The molecular formula is C17H17N3O2. The summed E-state index contributed by atoms with van der Waals surface area (Å²) in [7, 11) is 0. The molecule has 0 aliphatic carbocycles. The summed E-state index contributed by atoms with van der Waals surface area (Å²) in [5.41, 5.74) is 2.54. The van der Waals surface area contributed by atoms with Crippen molar-refractivity contribution in [2.24, 2.45) is 0 Å². The van der Waals surface area contributed by atoms with Gasteiger partial charge in [0.25, 0.3) is 0 Å². The first-order chi connectivity index (χ1) is 10.8. The van der Waals surface area contributed by atoms with Crippen LogP contribution in [0.1, 0.15) is 18.7 Å². The van der Waals surface area contributed by atoms with Crippen molar-refractivity contribution in [3.63, 3.8) is 0 Å². The van der Waals surface area contributed by atoms with Crippen LogP contribution in [-0.2, 0) is 11.2 Å². The molecule has 3 heterocycles. The zero-order valence-corrected chi connectivity index (χ0v) is 12.1. The quantitative estimate of drug-likeness (QED) is 0.807. The maximum Gasteiger partial charge on any atom is 0.164 e. The van der Waals surface area contributed by atoms with E-state index in [1.54, 1.807) is 18.3 Å². The van der Waals surface area contributed by atoms with Gasteiger partial charge in [0, 0.05) is 25.3 Å². The number of pyridine rings is 1. The van der Waals surface area contributed by atoms with E-state index in [2.05, 4.69) is 4.98 Å². The van der Waals surface area contributed by atoms with Crippen LogP contribution >= 0.6 is 0 Å². The molecule has 1 atom stereocenters. The van der Waals surface area contributed by atoms with Crippen LogP contribution in [0.3, 0.4) is 0 Å². The number of benzene rings is 1. The average Bonchev–Trinajstić information content (AvgIpc) is 3.14.